The van der Waals surface area contributed by atoms with E-state index < -0.39 is 0 Å². The summed E-state index contributed by atoms with van der Waals surface area (Å²) in [7, 11) is 0. The van der Waals surface area contributed by atoms with E-state index >= 15 is 0 Å². The Morgan fingerprint density at radius 3 is 2.28 bits per heavy atom. The van der Waals surface area contributed by atoms with Crippen LogP contribution in [0, 0.1) is 17.3 Å². The Hall–Kier alpha value is -0.940. The summed E-state index contributed by atoms with van der Waals surface area (Å²) < 4.78 is 10.8. The molecule has 1 aliphatic carbocycles. The molecular formula is C13H19NO4. The number of nitrogens with zero attached hydrogens (tertiary/aromatic N) is 1. The number of carbonyl (C=O) groups excluding carboxylic acids is 2. The first-order valence-corrected chi connectivity index (χ1v) is 6.62. The van der Waals surface area contributed by atoms with Gasteiger partial charge in [-0.1, -0.05) is 13.8 Å². The number of hydrogen-bond acceptors (Lipinski definition) is 4. The van der Waals surface area contributed by atoms with Crippen molar-refractivity contribution in [2.75, 3.05) is 19.8 Å². The highest BCUT2D eigenvalue weighted by Gasteiger charge is 2.72. The van der Waals surface area contributed by atoms with Crippen LogP contribution in [0.15, 0.2) is 0 Å². The van der Waals surface area contributed by atoms with Gasteiger partial charge in [-0.05, 0) is 11.8 Å². The van der Waals surface area contributed by atoms with E-state index in [1.54, 1.807) is 0 Å². The van der Waals surface area contributed by atoms with E-state index in [4.69, 9.17) is 9.47 Å². The van der Waals surface area contributed by atoms with Crippen molar-refractivity contribution in [1.29, 1.82) is 0 Å². The second kappa shape index (κ2) is 4.03. The zero-order chi connectivity index (χ0) is 12.9. The Balaban J connectivity index is 1.55. The van der Waals surface area contributed by atoms with Gasteiger partial charge in [0.05, 0.1) is 25.0 Å². The smallest absolute Gasteiger partial charge is 0.233 e. The van der Waals surface area contributed by atoms with Gasteiger partial charge in [0.2, 0.25) is 11.8 Å². The van der Waals surface area contributed by atoms with Gasteiger partial charge in [0.1, 0.15) is 0 Å². The number of rotatable bonds is 3. The lowest BCUT2D eigenvalue weighted by molar-refractivity contribution is -0.183. The Labute approximate surface area is 106 Å². The Kier molecular flexibility index (Phi) is 2.71. The van der Waals surface area contributed by atoms with E-state index in [0.29, 0.717) is 26.2 Å². The predicted molar refractivity (Wildman–Crippen MR) is 62.4 cm³/mol. The lowest BCUT2D eigenvalue weighted by Crippen LogP contribution is -2.39. The zero-order valence-electron chi connectivity index (χ0n) is 10.8. The summed E-state index contributed by atoms with van der Waals surface area (Å²) in [4.78, 5) is 25.5. The molecule has 2 aliphatic heterocycles. The summed E-state index contributed by atoms with van der Waals surface area (Å²) in [6, 6.07) is 0. The fourth-order valence-corrected chi connectivity index (χ4v) is 3.16. The maximum Gasteiger partial charge on any atom is 0.233 e. The van der Waals surface area contributed by atoms with E-state index in [-0.39, 0.29) is 35.4 Å². The van der Waals surface area contributed by atoms with Crippen molar-refractivity contribution in [2.24, 2.45) is 17.3 Å². The summed E-state index contributed by atoms with van der Waals surface area (Å²) in [6.07, 6.45) is 1.23. The first kappa shape index (κ1) is 12.1. The van der Waals surface area contributed by atoms with Crippen LogP contribution in [0.3, 0.4) is 0 Å². The van der Waals surface area contributed by atoms with E-state index in [0.717, 1.165) is 6.42 Å². The summed E-state index contributed by atoms with van der Waals surface area (Å²) in [5.41, 5.74) is -0.123. The lowest BCUT2D eigenvalue weighted by atomic mass is 10.1. The number of imide groups is 1. The summed E-state index contributed by atoms with van der Waals surface area (Å²) in [6.45, 7) is 5.80. The molecule has 0 bridgehead atoms. The van der Waals surface area contributed by atoms with Gasteiger partial charge in [-0.2, -0.15) is 0 Å². The van der Waals surface area contributed by atoms with Crippen LogP contribution in [0.1, 0.15) is 26.7 Å². The quantitative estimate of drug-likeness (QED) is 0.697. The van der Waals surface area contributed by atoms with Crippen molar-refractivity contribution in [3.63, 3.8) is 0 Å². The first-order valence-electron chi connectivity index (χ1n) is 6.62. The number of carbonyl (C=O) groups is 2. The fourth-order valence-electron chi connectivity index (χ4n) is 3.16. The van der Waals surface area contributed by atoms with Crippen molar-refractivity contribution >= 4 is 11.8 Å². The van der Waals surface area contributed by atoms with E-state index in [9.17, 15) is 9.59 Å². The maximum absolute atomic E-state index is 12.1. The SMILES string of the molecule is CC1(C)C2C(=O)N(CCC3OCCCO3)C(=O)C21. The number of amides is 2. The van der Waals surface area contributed by atoms with Crippen LogP contribution in [-0.2, 0) is 19.1 Å². The Morgan fingerprint density at radius 1 is 1.17 bits per heavy atom. The third-order valence-corrected chi connectivity index (χ3v) is 4.38. The second-order valence-electron chi connectivity index (χ2n) is 5.92. The van der Waals surface area contributed by atoms with E-state index in [2.05, 4.69) is 0 Å². The van der Waals surface area contributed by atoms with Gasteiger partial charge in [0.25, 0.3) is 0 Å². The molecule has 2 amide bonds. The lowest BCUT2D eigenvalue weighted by Gasteiger charge is -2.26. The van der Waals surface area contributed by atoms with Crippen LogP contribution < -0.4 is 0 Å². The zero-order valence-corrected chi connectivity index (χ0v) is 10.8. The molecule has 2 unspecified atom stereocenters. The van der Waals surface area contributed by atoms with Gasteiger partial charge in [0.15, 0.2) is 6.29 Å². The second-order valence-corrected chi connectivity index (χ2v) is 5.92. The number of fused-ring (bicyclic) bond motifs is 1. The number of hydrogen-bond donors (Lipinski definition) is 0. The maximum atomic E-state index is 12.1. The monoisotopic (exact) mass is 253 g/mol. The molecule has 0 radical (unpaired) electrons. The van der Waals surface area contributed by atoms with Crippen LogP contribution in [0.4, 0.5) is 0 Å². The molecule has 0 N–H and O–H groups in total. The van der Waals surface area contributed by atoms with Gasteiger partial charge in [-0.15, -0.1) is 0 Å². The molecular weight excluding hydrogens is 234 g/mol. The summed E-state index contributed by atoms with van der Waals surface area (Å²) >= 11 is 0. The van der Waals surface area contributed by atoms with Crippen LogP contribution in [0.2, 0.25) is 0 Å². The standard InChI is InChI=1S/C13H19NO4/c1-13(2)9-10(13)12(16)14(11(9)15)5-4-8-17-6-3-7-18-8/h8-10H,3-7H2,1-2H3. The molecule has 3 aliphatic rings. The fraction of sp³-hybridized carbons (Fsp3) is 0.846. The Bertz CT molecular complexity index is 362. The molecule has 3 fully saturated rings. The molecule has 2 heterocycles. The normalized spacial score (nSPS) is 34.9. The number of piperidine rings is 1. The molecule has 18 heavy (non-hydrogen) atoms. The van der Waals surface area contributed by atoms with Gasteiger partial charge in [-0.25, -0.2) is 0 Å². The van der Waals surface area contributed by atoms with Crippen LogP contribution in [0.25, 0.3) is 0 Å². The minimum absolute atomic E-state index is 0.00851. The van der Waals surface area contributed by atoms with Gasteiger partial charge >= 0.3 is 0 Å². The topological polar surface area (TPSA) is 55.8 Å². The van der Waals surface area contributed by atoms with Gasteiger partial charge in [-0.3, -0.25) is 14.5 Å². The van der Waals surface area contributed by atoms with E-state index in [1.165, 1.54) is 4.90 Å². The molecule has 5 nitrogen and oxygen atoms in total. The third kappa shape index (κ3) is 1.68. The molecule has 2 atom stereocenters. The molecule has 0 spiro atoms. The largest absolute Gasteiger partial charge is 0.353 e. The number of likely N-dealkylation sites (tertiary alicyclic amines) is 1. The van der Waals surface area contributed by atoms with Gasteiger partial charge < -0.3 is 9.47 Å². The van der Waals surface area contributed by atoms with Crippen LogP contribution in [0.5, 0.6) is 0 Å². The molecule has 3 rings (SSSR count). The molecule has 0 aromatic carbocycles. The predicted octanol–water partition coefficient (Wildman–Crippen LogP) is 0.780. The van der Waals surface area contributed by atoms with Crippen molar-refractivity contribution in [3.05, 3.63) is 0 Å². The summed E-state index contributed by atoms with van der Waals surface area (Å²) in [5.74, 6) is -0.187. The highest BCUT2D eigenvalue weighted by molar-refractivity contribution is 6.10. The highest BCUT2D eigenvalue weighted by Crippen LogP contribution is 2.63. The average Bonchev–Trinajstić information content (AvgIpc) is 2.81. The van der Waals surface area contributed by atoms with Crippen molar-refractivity contribution in [2.45, 2.75) is 33.0 Å². The molecule has 5 heteroatoms. The minimum atomic E-state index is -0.260. The van der Waals surface area contributed by atoms with Gasteiger partial charge in [0, 0.05) is 13.0 Å². The van der Waals surface area contributed by atoms with E-state index in [1.807, 2.05) is 13.8 Å². The first-order chi connectivity index (χ1) is 8.53. The van der Waals surface area contributed by atoms with Crippen LogP contribution >= 0.6 is 0 Å². The molecule has 100 valence electrons. The Morgan fingerprint density at radius 2 is 1.72 bits per heavy atom. The molecule has 2 saturated heterocycles. The average molecular weight is 253 g/mol. The minimum Gasteiger partial charge on any atom is -0.353 e. The highest BCUT2D eigenvalue weighted by atomic mass is 16.7. The van der Waals surface area contributed by atoms with Crippen molar-refractivity contribution in [1.82, 2.24) is 4.90 Å². The molecule has 0 aromatic heterocycles. The van der Waals surface area contributed by atoms with Crippen molar-refractivity contribution < 1.29 is 19.1 Å². The number of ether oxygens (including phenoxy) is 2. The molecule has 1 saturated carbocycles. The van der Waals surface area contributed by atoms with Crippen molar-refractivity contribution in [3.8, 4) is 0 Å². The van der Waals surface area contributed by atoms with Crippen LogP contribution in [-0.4, -0.2) is 42.8 Å². The summed E-state index contributed by atoms with van der Waals surface area (Å²) in [5, 5.41) is 0. The third-order valence-electron chi connectivity index (χ3n) is 4.38. The molecule has 0 aromatic rings.